The van der Waals surface area contributed by atoms with E-state index in [0.29, 0.717) is 40.5 Å². The number of anilines is 1. The van der Waals surface area contributed by atoms with E-state index in [9.17, 15) is 4.79 Å². The molecule has 1 N–H and O–H groups in total. The summed E-state index contributed by atoms with van der Waals surface area (Å²) in [5.41, 5.74) is 1.45. The Hall–Kier alpha value is -3.76. The number of ether oxygens (including phenoxy) is 2. The van der Waals surface area contributed by atoms with Crippen LogP contribution in [-0.2, 0) is 13.0 Å². The van der Waals surface area contributed by atoms with Gasteiger partial charge < -0.3 is 18.9 Å². The molecule has 0 atom stereocenters. The van der Waals surface area contributed by atoms with Crippen molar-refractivity contribution < 1.29 is 14.3 Å². The zero-order valence-electron chi connectivity index (χ0n) is 21.3. The van der Waals surface area contributed by atoms with Crippen molar-refractivity contribution in [3.63, 3.8) is 0 Å². The van der Waals surface area contributed by atoms with Crippen molar-refractivity contribution in [1.82, 2.24) is 24.6 Å². The summed E-state index contributed by atoms with van der Waals surface area (Å²) in [4.78, 5) is 19.5. The van der Waals surface area contributed by atoms with Crippen LogP contribution in [0.1, 0.15) is 35.4 Å². The number of likely N-dealkylation sites (tertiary alicyclic amines) is 1. The van der Waals surface area contributed by atoms with Crippen LogP contribution in [0.3, 0.4) is 0 Å². The Labute approximate surface area is 225 Å². The number of aromatic nitrogens is 4. The second-order valence-electron chi connectivity index (χ2n) is 9.86. The third-order valence-corrected chi connectivity index (χ3v) is 7.77. The number of hydrogen-bond acceptors (Lipinski definition) is 8. The van der Waals surface area contributed by atoms with Gasteiger partial charge in [0, 0.05) is 41.7 Å². The van der Waals surface area contributed by atoms with Crippen molar-refractivity contribution in [2.75, 3.05) is 32.1 Å². The van der Waals surface area contributed by atoms with Gasteiger partial charge in [0.1, 0.15) is 23.1 Å². The van der Waals surface area contributed by atoms with Crippen molar-refractivity contribution in [2.45, 2.75) is 32.2 Å². The average Bonchev–Trinajstić information content (AvgIpc) is 3.68. The predicted molar refractivity (Wildman–Crippen MR) is 146 cm³/mol. The molecule has 2 aliphatic rings. The number of benzene rings is 2. The van der Waals surface area contributed by atoms with Crippen LogP contribution in [0.5, 0.6) is 17.2 Å². The number of carbonyl (C=O) groups is 1. The summed E-state index contributed by atoms with van der Waals surface area (Å²) >= 11 is 1.37. The van der Waals surface area contributed by atoms with E-state index in [-0.39, 0.29) is 5.91 Å². The van der Waals surface area contributed by atoms with Crippen molar-refractivity contribution in [3.8, 4) is 28.6 Å². The third-order valence-electron chi connectivity index (χ3n) is 7.08. The van der Waals surface area contributed by atoms with Crippen LogP contribution >= 0.6 is 11.3 Å². The van der Waals surface area contributed by atoms with Gasteiger partial charge in [-0.2, -0.15) is 0 Å². The molecular formula is C28H30N6O3S. The average molecular weight is 531 g/mol. The Morgan fingerprint density at radius 2 is 1.87 bits per heavy atom. The molecular weight excluding hydrogens is 500 g/mol. The largest absolute Gasteiger partial charge is 0.493 e. The maximum Gasteiger partial charge on any atom is 0.257 e. The minimum atomic E-state index is -0.259. The molecule has 1 fully saturated rings. The highest BCUT2D eigenvalue weighted by atomic mass is 32.1. The van der Waals surface area contributed by atoms with Gasteiger partial charge in [0.2, 0.25) is 0 Å². The Morgan fingerprint density at radius 3 is 2.66 bits per heavy atom. The SMILES string of the molecule is CN1CCC(COc2cc(Oc3ccc(-c4nnc5n4CCC5)cc3)cc(C(=O)Nc3nccs3)c2)CC1. The Kier molecular flexibility index (Phi) is 7.06. The van der Waals surface area contributed by atoms with Gasteiger partial charge in [0.15, 0.2) is 11.0 Å². The number of fused-ring (bicyclic) bond motifs is 1. The summed E-state index contributed by atoms with van der Waals surface area (Å²) in [7, 11) is 2.15. The number of rotatable bonds is 8. The second-order valence-corrected chi connectivity index (χ2v) is 10.8. The van der Waals surface area contributed by atoms with Crippen LogP contribution in [0.15, 0.2) is 54.0 Å². The lowest BCUT2D eigenvalue weighted by Gasteiger charge is -2.28. The fraction of sp³-hybridized carbons (Fsp3) is 0.357. The van der Waals surface area contributed by atoms with Gasteiger partial charge >= 0.3 is 0 Å². The van der Waals surface area contributed by atoms with Gasteiger partial charge in [-0.1, -0.05) is 0 Å². The summed E-state index contributed by atoms with van der Waals surface area (Å²) in [5.74, 6) is 3.97. The van der Waals surface area contributed by atoms with Gasteiger partial charge in [0.05, 0.1) is 6.61 Å². The highest BCUT2D eigenvalue weighted by Crippen LogP contribution is 2.31. The number of hydrogen-bond donors (Lipinski definition) is 1. The minimum Gasteiger partial charge on any atom is -0.493 e. The minimum absolute atomic E-state index is 0.259. The van der Waals surface area contributed by atoms with Gasteiger partial charge in [-0.05, 0) is 81.7 Å². The molecule has 6 rings (SSSR count). The zero-order valence-corrected chi connectivity index (χ0v) is 22.1. The maximum absolute atomic E-state index is 13.0. The standard InChI is InChI=1S/C28H30N6O3S/c1-33-12-8-19(9-13-33)18-36-23-15-21(27(35)30-28-29-10-14-38-28)16-24(17-23)37-22-6-4-20(5-7-22)26-32-31-25-3-2-11-34(25)26/h4-7,10,14-17,19H,2-3,8-9,11-13,18H2,1H3,(H,29,30,35). The van der Waals surface area contributed by atoms with E-state index in [4.69, 9.17) is 9.47 Å². The molecule has 9 nitrogen and oxygen atoms in total. The molecule has 2 aliphatic heterocycles. The number of piperidine rings is 1. The van der Waals surface area contributed by atoms with E-state index in [1.165, 1.54) is 11.3 Å². The topological polar surface area (TPSA) is 94.4 Å². The number of nitrogens with zero attached hydrogens (tertiary/aromatic N) is 5. The molecule has 1 saturated heterocycles. The smallest absolute Gasteiger partial charge is 0.257 e. The van der Waals surface area contributed by atoms with Crippen LogP contribution in [0, 0.1) is 5.92 Å². The van der Waals surface area contributed by atoms with E-state index in [1.54, 1.807) is 18.3 Å². The Balaban J connectivity index is 1.20. The predicted octanol–water partition coefficient (Wildman–Crippen LogP) is 5.11. The quantitative estimate of drug-likeness (QED) is 0.338. The van der Waals surface area contributed by atoms with E-state index in [0.717, 1.165) is 62.5 Å². The first-order chi connectivity index (χ1) is 18.6. The van der Waals surface area contributed by atoms with Gasteiger partial charge in [-0.3, -0.25) is 10.1 Å². The van der Waals surface area contributed by atoms with Crippen LogP contribution < -0.4 is 14.8 Å². The summed E-state index contributed by atoms with van der Waals surface area (Å²) in [5, 5.41) is 13.9. The third kappa shape index (κ3) is 5.56. The monoisotopic (exact) mass is 530 g/mol. The Bertz CT molecular complexity index is 1390. The van der Waals surface area contributed by atoms with Crippen LogP contribution in [-0.4, -0.2) is 57.3 Å². The van der Waals surface area contributed by atoms with Gasteiger partial charge in [-0.25, -0.2) is 4.98 Å². The van der Waals surface area contributed by atoms with Crippen LogP contribution in [0.2, 0.25) is 0 Å². The number of amides is 1. The van der Waals surface area contributed by atoms with Crippen molar-refractivity contribution in [2.24, 2.45) is 5.92 Å². The van der Waals surface area contributed by atoms with E-state index >= 15 is 0 Å². The summed E-state index contributed by atoms with van der Waals surface area (Å²) < 4.78 is 14.6. The second kappa shape index (κ2) is 10.9. The van der Waals surface area contributed by atoms with E-state index in [2.05, 4.69) is 37.0 Å². The summed E-state index contributed by atoms with van der Waals surface area (Å²) in [6.07, 6.45) is 5.95. The molecule has 0 spiro atoms. The highest BCUT2D eigenvalue weighted by Gasteiger charge is 2.20. The lowest BCUT2D eigenvalue weighted by Crippen LogP contribution is -2.32. The summed E-state index contributed by atoms with van der Waals surface area (Å²) in [6.45, 7) is 3.72. The maximum atomic E-state index is 13.0. The molecule has 10 heteroatoms. The lowest BCUT2D eigenvalue weighted by atomic mass is 9.98. The zero-order chi connectivity index (χ0) is 25.9. The van der Waals surface area contributed by atoms with Crippen molar-refractivity contribution in [3.05, 3.63) is 65.4 Å². The molecule has 4 heterocycles. The molecule has 0 aliphatic carbocycles. The van der Waals surface area contributed by atoms with E-state index < -0.39 is 0 Å². The number of nitrogens with one attached hydrogen (secondary N) is 1. The molecule has 0 radical (unpaired) electrons. The van der Waals surface area contributed by atoms with Gasteiger partial charge in [0.25, 0.3) is 5.91 Å². The fourth-order valence-electron chi connectivity index (χ4n) is 4.91. The first-order valence-corrected chi connectivity index (χ1v) is 13.9. The van der Waals surface area contributed by atoms with Gasteiger partial charge in [-0.15, -0.1) is 21.5 Å². The fourth-order valence-corrected chi connectivity index (χ4v) is 5.44. The molecule has 1 amide bonds. The normalized spacial score (nSPS) is 15.8. The molecule has 0 bridgehead atoms. The molecule has 0 saturated carbocycles. The molecule has 4 aromatic rings. The first kappa shape index (κ1) is 24.6. The number of aryl methyl sites for hydroxylation is 1. The molecule has 2 aromatic carbocycles. The number of carbonyl (C=O) groups excluding carboxylic acids is 1. The molecule has 38 heavy (non-hydrogen) atoms. The van der Waals surface area contributed by atoms with Crippen molar-refractivity contribution in [1.29, 1.82) is 0 Å². The lowest BCUT2D eigenvalue weighted by molar-refractivity contribution is 0.102. The molecule has 196 valence electrons. The summed E-state index contributed by atoms with van der Waals surface area (Å²) in [6, 6.07) is 13.1. The van der Waals surface area contributed by atoms with Crippen LogP contribution in [0.25, 0.3) is 11.4 Å². The van der Waals surface area contributed by atoms with E-state index in [1.807, 2.05) is 35.7 Å². The Morgan fingerprint density at radius 1 is 1.05 bits per heavy atom. The molecule has 2 aromatic heterocycles. The molecule has 0 unspecified atom stereocenters. The number of thiazole rings is 1. The van der Waals surface area contributed by atoms with Crippen molar-refractivity contribution >= 4 is 22.4 Å². The highest BCUT2D eigenvalue weighted by molar-refractivity contribution is 7.13. The van der Waals surface area contributed by atoms with Crippen LogP contribution in [0.4, 0.5) is 5.13 Å². The first-order valence-electron chi connectivity index (χ1n) is 13.0.